The molecular formula is C10H22N2O2. The van der Waals surface area contributed by atoms with E-state index in [1.165, 1.54) is 0 Å². The van der Waals surface area contributed by atoms with E-state index in [2.05, 4.69) is 5.32 Å². The van der Waals surface area contributed by atoms with Crippen molar-refractivity contribution in [1.29, 1.82) is 0 Å². The van der Waals surface area contributed by atoms with Crippen LogP contribution in [-0.2, 0) is 4.79 Å². The molecule has 0 saturated carbocycles. The third-order valence-corrected chi connectivity index (χ3v) is 2.08. The van der Waals surface area contributed by atoms with Gasteiger partial charge in [-0.3, -0.25) is 4.79 Å². The number of aliphatic hydroxyl groups excluding tert-OH is 1. The highest BCUT2D eigenvalue weighted by Crippen LogP contribution is 1.99. The second-order valence-electron chi connectivity index (χ2n) is 3.73. The molecule has 1 amide bonds. The summed E-state index contributed by atoms with van der Waals surface area (Å²) in [6, 6.07) is -0.0114. The first kappa shape index (κ1) is 13.4. The number of carbonyl (C=O) groups is 1. The average molecular weight is 202 g/mol. The Balaban J connectivity index is 3.63. The molecular weight excluding hydrogens is 180 g/mol. The van der Waals surface area contributed by atoms with Gasteiger partial charge in [0.05, 0.1) is 0 Å². The molecule has 14 heavy (non-hydrogen) atoms. The fourth-order valence-electron chi connectivity index (χ4n) is 1.31. The van der Waals surface area contributed by atoms with Gasteiger partial charge in [0.15, 0.2) is 0 Å². The lowest BCUT2D eigenvalue weighted by Crippen LogP contribution is -2.37. The maximum atomic E-state index is 11.3. The molecule has 2 unspecified atom stereocenters. The topological polar surface area (TPSA) is 75.4 Å². The van der Waals surface area contributed by atoms with Crippen LogP contribution in [0.5, 0.6) is 0 Å². The van der Waals surface area contributed by atoms with E-state index in [0.29, 0.717) is 12.8 Å². The van der Waals surface area contributed by atoms with Crippen molar-refractivity contribution in [1.82, 2.24) is 5.32 Å². The van der Waals surface area contributed by atoms with Gasteiger partial charge in [-0.2, -0.15) is 0 Å². The zero-order chi connectivity index (χ0) is 11.0. The molecule has 0 heterocycles. The van der Waals surface area contributed by atoms with Gasteiger partial charge in [-0.05, 0) is 19.8 Å². The summed E-state index contributed by atoms with van der Waals surface area (Å²) in [6.45, 7) is 4.02. The predicted molar refractivity (Wildman–Crippen MR) is 56.8 cm³/mol. The molecule has 0 bridgehead atoms. The molecule has 2 atom stereocenters. The predicted octanol–water partition coefficient (Wildman–Crippen LogP) is 0.391. The Morgan fingerprint density at radius 2 is 2.14 bits per heavy atom. The first-order valence-corrected chi connectivity index (χ1v) is 5.26. The zero-order valence-electron chi connectivity index (χ0n) is 9.12. The van der Waals surface area contributed by atoms with Gasteiger partial charge in [-0.15, -0.1) is 0 Å². The molecule has 84 valence electrons. The summed E-state index contributed by atoms with van der Waals surface area (Å²) in [4.78, 5) is 11.3. The van der Waals surface area contributed by atoms with E-state index in [1.54, 1.807) is 0 Å². The minimum Gasteiger partial charge on any atom is -0.396 e. The summed E-state index contributed by atoms with van der Waals surface area (Å²) in [7, 11) is 0. The van der Waals surface area contributed by atoms with E-state index in [4.69, 9.17) is 10.8 Å². The standard InChI is InChI=1S/C10H22N2O2/c1-3-4-9(11)7-10(14)12-8(2)5-6-13/h8-9,13H,3-7,11H2,1-2H3,(H,12,14). The first-order chi connectivity index (χ1) is 6.60. The normalized spacial score (nSPS) is 14.9. The van der Waals surface area contributed by atoms with Crippen LogP contribution < -0.4 is 11.1 Å². The summed E-state index contributed by atoms with van der Waals surface area (Å²) in [5.41, 5.74) is 5.72. The molecule has 0 aromatic rings. The largest absolute Gasteiger partial charge is 0.396 e. The van der Waals surface area contributed by atoms with E-state index in [0.717, 1.165) is 12.8 Å². The minimum atomic E-state index is -0.0404. The first-order valence-electron chi connectivity index (χ1n) is 5.26. The van der Waals surface area contributed by atoms with Gasteiger partial charge < -0.3 is 16.2 Å². The Morgan fingerprint density at radius 3 is 2.64 bits per heavy atom. The van der Waals surface area contributed by atoms with Crippen LogP contribution in [0.2, 0.25) is 0 Å². The molecule has 4 N–H and O–H groups in total. The molecule has 0 aromatic heterocycles. The maximum absolute atomic E-state index is 11.3. The lowest BCUT2D eigenvalue weighted by Gasteiger charge is -2.14. The van der Waals surface area contributed by atoms with Crippen LogP contribution in [0.3, 0.4) is 0 Å². The van der Waals surface area contributed by atoms with Crippen molar-refractivity contribution in [3.05, 3.63) is 0 Å². The molecule has 4 nitrogen and oxygen atoms in total. The number of hydrogen-bond donors (Lipinski definition) is 3. The van der Waals surface area contributed by atoms with Gasteiger partial charge >= 0.3 is 0 Å². The zero-order valence-corrected chi connectivity index (χ0v) is 9.12. The second kappa shape index (κ2) is 7.76. The number of nitrogens with one attached hydrogen (secondary N) is 1. The maximum Gasteiger partial charge on any atom is 0.221 e. The van der Waals surface area contributed by atoms with Crippen molar-refractivity contribution in [2.24, 2.45) is 5.73 Å². The number of amides is 1. The fourth-order valence-corrected chi connectivity index (χ4v) is 1.31. The Kier molecular flexibility index (Phi) is 7.42. The molecule has 0 aliphatic heterocycles. The Morgan fingerprint density at radius 1 is 1.50 bits per heavy atom. The number of rotatable bonds is 7. The van der Waals surface area contributed by atoms with Gasteiger partial charge in [0.25, 0.3) is 0 Å². The lowest BCUT2D eigenvalue weighted by atomic mass is 10.1. The van der Waals surface area contributed by atoms with Gasteiger partial charge in [0.2, 0.25) is 5.91 Å². The molecule has 0 aliphatic rings. The Hall–Kier alpha value is -0.610. The van der Waals surface area contributed by atoms with Crippen LogP contribution in [0.15, 0.2) is 0 Å². The Labute approximate surface area is 85.9 Å². The van der Waals surface area contributed by atoms with Crippen LogP contribution in [0.1, 0.15) is 39.5 Å². The van der Waals surface area contributed by atoms with Crippen LogP contribution in [0.25, 0.3) is 0 Å². The lowest BCUT2D eigenvalue weighted by molar-refractivity contribution is -0.122. The summed E-state index contributed by atoms with van der Waals surface area (Å²) in [5.74, 6) is -0.0214. The van der Waals surface area contributed by atoms with Crippen molar-refractivity contribution in [2.45, 2.75) is 51.6 Å². The van der Waals surface area contributed by atoms with E-state index in [-0.39, 0.29) is 24.6 Å². The third-order valence-electron chi connectivity index (χ3n) is 2.08. The van der Waals surface area contributed by atoms with Gasteiger partial charge in [-0.25, -0.2) is 0 Å². The summed E-state index contributed by atoms with van der Waals surface area (Å²) < 4.78 is 0. The van der Waals surface area contributed by atoms with Crippen LogP contribution >= 0.6 is 0 Å². The van der Waals surface area contributed by atoms with E-state index in [1.807, 2.05) is 13.8 Å². The van der Waals surface area contributed by atoms with Crippen LogP contribution in [0, 0.1) is 0 Å². The molecule has 4 heteroatoms. The summed E-state index contributed by atoms with van der Waals surface area (Å²) in [6.07, 6.45) is 2.85. The average Bonchev–Trinajstić information content (AvgIpc) is 2.03. The second-order valence-corrected chi connectivity index (χ2v) is 3.73. The number of aliphatic hydroxyl groups is 1. The Bertz CT molecular complexity index is 146. The molecule has 0 radical (unpaired) electrons. The molecule has 0 rings (SSSR count). The third kappa shape index (κ3) is 6.86. The minimum absolute atomic E-state index is 0.0214. The molecule has 0 aromatic carbocycles. The molecule has 0 spiro atoms. The van der Waals surface area contributed by atoms with E-state index in [9.17, 15) is 4.79 Å². The number of carbonyl (C=O) groups excluding carboxylic acids is 1. The van der Waals surface area contributed by atoms with E-state index >= 15 is 0 Å². The van der Waals surface area contributed by atoms with Gasteiger partial charge in [-0.1, -0.05) is 13.3 Å². The van der Waals surface area contributed by atoms with Crippen LogP contribution in [-0.4, -0.2) is 29.7 Å². The van der Waals surface area contributed by atoms with Crippen molar-refractivity contribution >= 4 is 5.91 Å². The smallest absolute Gasteiger partial charge is 0.221 e. The van der Waals surface area contributed by atoms with E-state index < -0.39 is 0 Å². The highest BCUT2D eigenvalue weighted by atomic mass is 16.3. The number of hydrogen-bond acceptors (Lipinski definition) is 3. The molecule has 0 saturated heterocycles. The van der Waals surface area contributed by atoms with Crippen molar-refractivity contribution in [2.75, 3.05) is 6.61 Å². The highest BCUT2D eigenvalue weighted by molar-refractivity contribution is 5.76. The van der Waals surface area contributed by atoms with Crippen LogP contribution in [0.4, 0.5) is 0 Å². The fraction of sp³-hybridized carbons (Fsp3) is 0.900. The quantitative estimate of drug-likeness (QED) is 0.559. The summed E-state index contributed by atoms with van der Waals surface area (Å²) >= 11 is 0. The highest BCUT2D eigenvalue weighted by Gasteiger charge is 2.10. The summed E-state index contributed by atoms with van der Waals surface area (Å²) in [5, 5.41) is 11.4. The van der Waals surface area contributed by atoms with Gasteiger partial charge in [0, 0.05) is 25.1 Å². The monoisotopic (exact) mass is 202 g/mol. The van der Waals surface area contributed by atoms with Gasteiger partial charge in [0.1, 0.15) is 0 Å². The van der Waals surface area contributed by atoms with Crippen molar-refractivity contribution in [3.63, 3.8) is 0 Å². The van der Waals surface area contributed by atoms with Crippen molar-refractivity contribution in [3.8, 4) is 0 Å². The SMILES string of the molecule is CCCC(N)CC(=O)NC(C)CCO. The van der Waals surface area contributed by atoms with Crippen molar-refractivity contribution < 1.29 is 9.90 Å². The molecule has 0 fully saturated rings. The number of nitrogens with two attached hydrogens (primary N) is 1. The molecule has 0 aliphatic carbocycles.